The van der Waals surface area contributed by atoms with E-state index in [1.807, 2.05) is 68.4 Å². The Morgan fingerprint density at radius 2 is 1.71 bits per heavy atom. The average Bonchev–Trinajstić information content (AvgIpc) is 2.72. The highest BCUT2D eigenvalue weighted by Crippen LogP contribution is 2.17. The van der Waals surface area contributed by atoms with Crippen molar-refractivity contribution in [1.29, 1.82) is 0 Å². The molecule has 0 aliphatic carbocycles. The highest BCUT2D eigenvalue weighted by Gasteiger charge is 2.26. The lowest BCUT2D eigenvalue weighted by molar-refractivity contribution is -0.140. The quantitative estimate of drug-likeness (QED) is 0.721. The van der Waals surface area contributed by atoms with Crippen LogP contribution < -0.4 is 10.1 Å². The van der Waals surface area contributed by atoms with Crippen LogP contribution in [0, 0.1) is 0 Å². The Labute approximate surface area is 167 Å². The highest BCUT2D eigenvalue weighted by molar-refractivity contribution is 5.88. The number of carbonyl (C=O) groups is 2. The molecule has 0 saturated carbocycles. The molecule has 0 heterocycles. The van der Waals surface area contributed by atoms with E-state index in [0.717, 1.165) is 23.3 Å². The highest BCUT2D eigenvalue weighted by atomic mass is 16.5. The Bertz CT molecular complexity index is 776. The van der Waals surface area contributed by atoms with Gasteiger partial charge < -0.3 is 15.0 Å². The lowest BCUT2D eigenvalue weighted by atomic mass is 10.1. The molecule has 0 radical (unpaired) electrons. The van der Waals surface area contributed by atoms with Crippen LogP contribution in [0.25, 0.3) is 0 Å². The molecule has 0 spiro atoms. The SMILES string of the molecule is CCC(C)NC(=O)C(C)N(Cc1cccc(OC)c1)C(=O)Cc1ccccc1. The van der Waals surface area contributed by atoms with Gasteiger partial charge in [0.05, 0.1) is 13.5 Å². The number of benzene rings is 2. The first-order chi connectivity index (χ1) is 13.4. The van der Waals surface area contributed by atoms with Gasteiger partial charge in [-0.05, 0) is 43.5 Å². The van der Waals surface area contributed by atoms with Gasteiger partial charge in [-0.1, -0.05) is 49.4 Å². The molecule has 2 atom stereocenters. The number of nitrogens with one attached hydrogen (secondary N) is 1. The summed E-state index contributed by atoms with van der Waals surface area (Å²) in [6, 6.07) is 16.7. The molecule has 2 rings (SSSR count). The van der Waals surface area contributed by atoms with Crippen molar-refractivity contribution in [3.63, 3.8) is 0 Å². The normalized spacial score (nSPS) is 12.7. The van der Waals surface area contributed by atoms with Crippen molar-refractivity contribution < 1.29 is 14.3 Å². The van der Waals surface area contributed by atoms with Crippen molar-refractivity contribution in [3.05, 3.63) is 65.7 Å². The fourth-order valence-electron chi connectivity index (χ4n) is 2.89. The Morgan fingerprint density at radius 1 is 1.04 bits per heavy atom. The number of methoxy groups -OCH3 is 1. The molecule has 0 fully saturated rings. The molecule has 2 aromatic carbocycles. The van der Waals surface area contributed by atoms with Crippen LogP contribution in [-0.2, 0) is 22.6 Å². The van der Waals surface area contributed by atoms with E-state index in [2.05, 4.69) is 5.32 Å². The van der Waals surface area contributed by atoms with Gasteiger partial charge in [-0.15, -0.1) is 0 Å². The summed E-state index contributed by atoms with van der Waals surface area (Å²) < 4.78 is 5.28. The average molecular weight is 383 g/mol. The van der Waals surface area contributed by atoms with Crippen molar-refractivity contribution in [2.24, 2.45) is 0 Å². The summed E-state index contributed by atoms with van der Waals surface area (Å²) in [5, 5.41) is 2.98. The Kier molecular flexibility index (Phi) is 8.05. The third-order valence-corrected chi connectivity index (χ3v) is 4.85. The van der Waals surface area contributed by atoms with E-state index in [4.69, 9.17) is 4.74 Å². The van der Waals surface area contributed by atoms with Crippen LogP contribution in [0.2, 0.25) is 0 Å². The topological polar surface area (TPSA) is 58.6 Å². The zero-order chi connectivity index (χ0) is 20.5. The second-order valence-corrected chi connectivity index (χ2v) is 7.03. The van der Waals surface area contributed by atoms with E-state index < -0.39 is 6.04 Å². The lowest BCUT2D eigenvalue weighted by Crippen LogP contribution is -2.49. The van der Waals surface area contributed by atoms with Crippen LogP contribution in [-0.4, -0.2) is 35.9 Å². The third-order valence-electron chi connectivity index (χ3n) is 4.85. The van der Waals surface area contributed by atoms with Gasteiger partial charge >= 0.3 is 0 Å². The molecular weight excluding hydrogens is 352 g/mol. The van der Waals surface area contributed by atoms with E-state index in [1.54, 1.807) is 18.9 Å². The molecule has 0 bridgehead atoms. The monoisotopic (exact) mass is 382 g/mol. The summed E-state index contributed by atoms with van der Waals surface area (Å²) in [6.45, 7) is 6.10. The van der Waals surface area contributed by atoms with Gasteiger partial charge in [-0.3, -0.25) is 9.59 Å². The van der Waals surface area contributed by atoms with E-state index in [0.29, 0.717) is 6.54 Å². The van der Waals surface area contributed by atoms with E-state index in [9.17, 15) is 9.59 Å². The van der Waals surface area contributed by atoms with Crippen LogP contribution in [0.5, 0.6) is 5.75 Å². The maximum absolute atomic E-state index is 13.1. The zero-order valence-corrected chi connectivity index (χ0v) is 17.1. The summed E-state index contributed by atoms with van der Waals surface area (Å²) in [6.07, 6.45) is 1.10. The zero-order valence-electron chi connectivity index (χ0n) is 17.1. The standard InChI is InChI=1S/C23H30N2O3/c1-5-17(2)24-23(27)18(3)25(16-20-12-9-13-21(14-20)28-4)22(26)15-19-10-7-6-8-11-19/h6-14,17-18H,5,15-16H2,1-4H3,(H,24,27). The number of carbonyl (C=O) groups excluding carboxylic acids is 2. The third kappa shape index (κ3) is 6.12. The van der Waals surface area contributed by atoms with Gasteiger partial charge in [0.15, 0.2) is 0 Å². The van der Waals surface area contributed by atoms with Gasteiger partial charge in [-0.25, -0.2) is 0 Å². The lowest BCUT2D eigenvalue weighted by Gasteiger charge is -2.30. The molecule has 0 aliphatic heterocycles. The van der Waals surface area contributed by atoms with Crippen molar-refractivity contribution in [1.82, 2.24) is 10.2 Å². The van der Waals surface area contributed by atoms with Gasteiger partial charge in [0.1, 0.15) is 11.8 Å². The number of rotatable bonds is 9. The molecule has 28 heavy (non-hydrogen) atoms. The maximum Gasteiger partial charge on any atom is 0.242 e. The van der Waals surface area contributed by atoms with Crippen LogP contribution in [0.15, 0.2) is 54.6 Å². The smallest absolute Gasteiger partial charge is 0.242 e. The van der Waals surface area contributed by atoms with Gasteiger partial charge in [-0.2, -0.15) is 0 Å². The molecule has 150 valence electrons. The fourth-order valence-corrected chi connectivity index (χ4v) is 2.89. The van der Waals surface area contributed by atoms with Gasteiger partial charge in [0.25, 0.3) is 0 Å². The summed E-state index contributed by atoms with van der Waals surface area (Å²) in [5.41, 5.74) is 1.85. The maximum atomic E-state index is 13.1. The molecule has 0 aromatic heterocycles. The molecule has 0 saturated heterocycles. The number of nitrogens with zero attached hydrogens (tertiary/aromatic N) is 1. The minimum atomic E-state index is -0.573. The largest absolute Gasteiger partial charge is 0.497 e. The molecule has 2 aromatic rings. The first-order valence-corrected chi connectivity index (χ1v) is 9.71. The number of amides is 2. The number of hydrogen-bond acceptors (Lipinski definition) is 3. The van der Waals surface area contributed by atoms with Crippen molar-refractivity contribution in [2.75, 3.05) is 7.11 Å². The second kappa shape index (κ2) is 10.5. The molecule has 5 nitrogen and oxygen atoms in total. The van der Waals surface area contributed by atoms with E-state index in [-0.39, 0.29) is 24.3 Å². The number of hydrogen-bond donors (Lipinski definition) is 1. The summed E-state index contributed by atoms with van der Waals surface area (Å²) in [4.78, 5) is 27.4. The van der Waals surface area contributed by atoms with Crippen molar-refractivity contribution in [3.8, 4) is 5.75 Å². The first kappa shape index (κ1) is 21.5. The minimum absolute atomic E-state index is 0.0674. The van der Waals surface area contributed by atoms with Crippen molar-refractivity contribution in [2.45, 2.75) is 52.2 Å². The fraction of sp³-hybridized carbons (Fsp3) is 0.391. The predicted molar refractivity (Wildman–Crippen MR) is 111 cm³/mol. The van der Waals surface area contributed by atoms with Crippen LogP contribution in [0.4, 0.5) is 0 Å². The second-order valence-electron chi connectivity index (χ2n) is 7.03. The van der Waals surface area contributed by atoms with Crippen LogP contribution in [0.3, 0.4) is 0 Å². The first-order valence-electron chi connectivity index (χ1n) is 9.71. The summed E-state index contributed by atoms with van der Waals surface area (Å²) in [7, 11) is 1.61. The Balaban J connectivity index is 2.22. The molecule has 2 amide bonds. The van der Waals surface area contributed by atoms with E-state index in [1.165, 1.54) is 0 Å². The predicted octanol–water partition coefficient (Wildman–Crippen LogP) is 3.57. The molecule has 1 N–H and O–H groups in total. The van der Waals surface area contributed by atoms with E-state index >= 15 is 0 Å². The summed E-state index contributed by atoms with van der Waals surface area (Å²) in [5.74, 6) is 0.504. The van der Waals surface area contributed by atoms with Crippen LogP contribution in [0.1, 0.15) is 38.3 Å². The Morgan fingerprint density at radius 3 is 2.36 bits per heavy atom. The molecule has 2 unspecified atom stereocenters. The van der Waals surface area contributed by atoms with Gasteiger partial charge in [0.2, 0.25) is 11.8 Å². The van der Waals surface area contributed by atoms with Crippen molar-refractivity contribution >= 4 is 11.8 Å². The molecular formula is C23H30N2O3. The minimum Gasteiger partial charge on any atom is -0.497 e. The molecule has 5 heteroatoms. The number of ether oxygens (including phenoxy) is 1. The molecule has 0 aliphatic rings. The van der Waals surface area contributed by atoms with Gasteiger partial charge in [0, 0.05) is 12.6 Å². The Hall–Kier alpha value is -2.82. The van der Waals surface area contributed by atoms with Crippen LogP contribution >= 0.6 is 0 Å². The summed E-state index contributed by atoms with van der Waals surface area (Å²) >= 11 is 0.